The molecule has 0 fully saturated rings. The Morgan fingerprint density at radius 3 is 2.37 bits per heavy atom. The lowest BCUT2D eigenvalue weighted by molar-refractivity contribution is -0.141. The molecule has 5 heteroatoms. The van der Waals surface area contributed by atoms with Gasteiger partial charge < -0.3 is 14.6 Å². The summed E-state index contributed by atoms with van der Waals surface area (Å²) in [5.74, 6) is -0.412. The zero-order chi connectivity index (χ0) is 14.5. The first-order valence-electron chi connectivity index (χ1n) is 6.55. The first kappa shape index (κ1) is 17.6. The average Bonchev–Trinajstić information content (AvgIpc) is 2.44. The smallest absolute Gasteiger partial charge is 0.309 e. The lowest BCUT2D eigenvalue weighted by Crippen LogP contribution is -2.04. The van der Waals surface area contributed by atoms with E-state index in [4.69, 9.17) is 0 Å². The van der Waals surface area contributed by atoms with Gasteiger partial charge in [0.05, 0.1) is 20.6 Å². The summed E-state index contributed by atoms with van der Waals surface area (Å²) in [6.07, 6.45) is 7.75. The van der Waals surface area contributed by atoms with Crippen LogP contribution in [0.15, 0.2) is 12.2 Å². The average molecular weight is 272 g/mol. The number of hydrogen-bond donors (Lipinski definition) is 1. The molecule has 0 aliphatic rings. The van der Waals surface area contributed by atoms with Crippen LogP contribution in [0.2, 0.25) is 0 Å². The van der Waals surface area contributed by atoms with Crippen molar-refractivity contribution < 1.29 is 24.2 Å². The van der Waals surface area contributed by atoms with Crippen LogP contribution in [0, 0.1) is 5.92 Å². The summed E-state index contributed by atoms with van der Waals surface area (Å²) in [5, 5.41) is 9.19. The number of esters is 2. The van der Waals surface area contributed by atoms with Gasteiger partial charge in [0.2, 0.25) is 0 Å². The lowest BCUT2D eigenvalue weighted by Gasteiger charge is -2.08. The zero-order valence-corrected chi connectivity index (χ0v) is 11.8. The quantitative estimate of drug-likeness (QED) is 0.373. The Labute approximate surface area is 114 Å². The number of rotatable bonds is 10. The van der Waals surface area contributed by atoms with Crippen molar-refractivity contribution in [3.63, 3.8) is 0 Å². The molecule has 0 heterocycles. The number of aliphatic hydroxyl groups is 1. The third-order valence-corrected chi connectivity index (χ3v) is 2.84. The number of aliphatic hydroxyl groups excluding tert-OH is 1. The van der Waals surface area contributed by atoms with E-state index in [2.05, 4.69) is 9.47 Å². The molecule has 0 saturated heterocycles. The van der Waals surface area contributed by atoms with Gasteiger partial charge in [0, 0.05) is 13.0 Å². The van der Waals surface area contributed by atoms with Crippen molar-refractivity contribution in [3.8, 4) is 0 Å². The van der Waals surface area contributed by atoms with E-state index in [1.54, 1.807) is 6.08 Å². The largest absolute Gasteiger partial charge is 0.469 e. The maximum absolute atomic E-state index is 10.9. The van der Waals surface area contributed by atoms with Crippen LogP contribution < -0.4 is 0 Å². The SMILES string of the molecule is COC(=O)C/C=C/C(CO)CCCCCC(=O)OC. The first-order chi connectivity index (χ1) is 9.13. The summed E-state index contributed by atoms with van der Waals surface area (Å²) in [5.41, 5.74) is 0. The normalized spacial score (nSPS) is 12.4. The van der Waals surface area contributed by atoms with Crippen LogP contribution in [0.1, 0.15) is 38.5 Å². The highest BCUT2D eigenvalue weighted by Crippen LogP contribution is 2.12. The molecule has 19 heavy (non-hydrogen) atoms. The fourth-order valence-electron chi connectivity index (χ4n) is 1.64. The zero-order valence-electron chi connectivity index (χ0n) is 11.8. The van der Waals surface area contributed by atoms with Crippen LogP contribution in [0.4, 0.5) is 0 Å². The van der Waals surface area contributed by atoms with Gasteiger partial charge in [0.1, 0.15) is 0 Å². The molecule has 0 aromatic carbocycles. The van der Waals surface area contributed by atoms with Gasteiger partial charge in [-0.3, -0.25) is 9.59 Å². The predicted octanol–water partition coefficient (Wildman–Crippen LogP) is 1.84. The molecule has 0 spiro atoms. The minimum absolute atomic E-state index is 0.0581. The Kier molecular flexibility index (Phi) is 10.9. The van der Waals surface area contributed by atoms with Gasteiger partial charge in [-0.2, -0.15) is 0 Å². The molecule has 0 rings (SSSR count). The van der Waals surface area contributed by atoms with Gasteiger partial charge in [-0.1, -0.05) is 25.0 Å². The fourth-order valence-corrected chi connectivity index (χ4v) is 1.64. The summed E-state index contributed by atoms with van der Waals surface area (Å²) < 4.78 is 9.07. The Morgan fingerprint density at radius 2 is 1.79 bits per heavy atom. The topological polar surface area (TPSA) is 72.8 Å². The number of ether oxygens (including phenoxy) is 2. The third-order valence-electron chi connectivity index (χ3n) is 2.84. The molecule has 0 aromatic rings. The van der Waals surface area contributed by atoms with Gasteiger partial charge in [-0.15, -0.1) is 0 Å². The molecule has 0 radical (unpaired) electrons. The minimum Gasteiger partial charge on any atom is -0.469 e. The van der Waals surface area contributed by atoms with E-state index in [9.17, 15) is 14.7 Å². The highest BCUT2D eigenvalue weighted by Gasteiger charge is 2.05. The molecule has 110 valence electrons. The van der Waals surface area contributed by atoms with Gasteiger partial charge in [0.25, 0.3) is 0 Å². The molecule has 0 aliphatic carbocycles. The third kappa shape index (κ3) is 10.3. The second-order valence-electron chi connectivity index (χ2n) is 4.33. The van der Waals surface area contributed by atoms with Crippen molar-refractivity contribution in [2.24, 2.45) is 5.92 Å². The molecule has 1 unspecified atom stereocenters. The first-order valence-corrected chi connectivity index (χ1v) is 6.55. The summed E-state index contributed by atoms with van der Waals surface area (Å²) in [4.78, 5) is 21.8. The van der Waals surface area contributed by atoms with E-state index in [-0.39, 0.29) is 30.9 Å². The molecule has 1 atom stereocenters. The van der Waals surface area contributed by atoms with E-state index in [0.29, 0.717) is 6.42 Å². The van der Waals surface area contributed by atoms with Crippen molar-refractivity contribution in [2.75, 3.05) is 20.8 Å². The van der Waals surface area contributed by atoms with Crippen LogP contribution in [0.5, 0.6) is 0 Å². The van der Waals surface area contributed by atoms with E-state index < -0.39 is 0 Å². The Balaban J connectivity index is 3.70. The molecule has 0 saturated carbocycles. The van der Waals surface area contributed by atoms with Gasteiger partial charge in [-0.25, -0.2) is 0 Å². The van der Waals surface area contributed by atoms with Crippen molar-refractivity contribution in [1.82, 2.24) is 0 Å². The molecule has 0 aliphatic heterocycles. The van der Waals surface area contributed by atoms with Crippen LogP contribution in [-0.2, 0) is 19.1 Å². The molecule has 5 nitrogen and oxygen atoms in total. The lowest BCUT2D eigenvalue weighted by atomic mass is 10.0. The van der Waals surface area contributed by atoms with Crippen molar-refractivity contribution in [1.29, 1.82) is 0 Å². The van der Waals surface area contributed by atoms with E-state index in [0.717, 1.165) is 25.7 Å². The number of carbonyl (C=O) groups is 2. The van der Waals surface area contributed by atoms with Gasteiger partial charge in [-0.05, 0) is 18.8 Å². The fraction of sp³-hybridized carbons (Fsp3) is 0.714. The van der Waals surface area contributed by atoms with Crippen molar-refractivity contribution in [3.05, 3.63) is 12.2 Å². The molecule has 0 bridgehead atoms. The van der Waals surface area contributed by atoms with E-state index in [1.807, 2.05) is 6.08 Å². The summed E-state index contributed by atoms with van der Waals surface area (Å²) in [6, 6.07) is 0. The summed E-state index contributed by atoms with van der Waals surface area (Å²) >= 11 is 0. The molecular weight excluding hydrogens is 248 g/mol. The predicted molar refractivity (Wildman–Crippen MR) is 71.4 cm³/mol. The molecule has 0 aromatic heterocycles. The number of hydrogen-bond acceptors (Lipinski definition) is 5. The highest BCUT2D eigenvalue weighted by atomic mass is 16.5. The summed E-state index contributed by atoms with van der Waals surface area (Å²) in [6.45, 7) is 0.0642. The van der Waals surface area contributed by atoms with Crippen LogP contribution in [-0.4, -0.2) is 37.9 Å². The number of carbonyl (C=O) groups excluding carboxylic acids is 2. The maximum atomic E-state index is 10.9. The van der Waals surface area contributed by atoms with Gasteiger partial charge >= 0.3 is 11.9 Å². The molecule has 1 N–H and O–H groups in total. The van der Waals surface area contributed by atoms with Crippen molar-refractivity contribution >= 4 is 11.9 Å². The van der Waals surface area contributed by atoms with Crippen molar-refractivity contribution in [2.45, 2.75) is 38.5 Å². The second-order valence-corrected chi connectivity index (χ2v) is 4.33. The maximum Gasteiger partial charge on any atom is 0.309 e. The Bertz CT molecular complexity index is 286. The van der Waals surface area contributed by atoms with E-state index in [1.165, 1.54) is 14.2 Å². The Morgan fingerprint density at radius 1 is 1.11 bits per heavy atom. The van der Waals surface area contributed by atoms with Crippen LogP contribution in [0.25, 0.3) is 0 Å². The number of methoxy groups -OCH3 is 2. The highest BCUT2D eigenvalue weighted by molar-refractivity contribution is 5.70. The van der Waals surface area contributed by atoms with Crippen LogP contribution in [0.3, 0.4) is 0 Å². The standard InChI is InChI=1S/C14H24O5/c1-18-13(16)9-5-3-4-7-12(11-15)8-6-10-14(17)19-2/h6,8,12,15H,3-5,7,9-11H2,1-2H3/b8-6+. The second kappa shape index (κ2) is 11.7. The van der Waals surface area contributed by atoms with E-state index >= 15 is 0 Å². The number of unbranched alkanes of at least 4 members (excludes halogenated alkanes) is 2. The molecule has 0 amide bonds. The summed E-state index contributed by atoms with van der Waals surface area (Å²) in [7, 11) is 2.73. The van der Waals surface area contributed by atoms with Gasteiger partial charge in [0.15, 0.2) is 0 Å². The minimum atomic E-state index is -0.286. The Hall–Kier alpha value is -1.36. The molecular formula is C14H24O5. The monoisotopic (exact) mass is 272 g/mol. The van der Waals surface area contributed by atoms with Crippen LogP contribution >= 0.6 is 0 Å².